The highest BCUT2D eigenvalue weighted by atomic mass is 16.6. The molecule has 0 aliphatic carbocycles. The average molecular weight is 259 g/mol. The fraction of sp³-hybridized carbons (Fsp3) is 0.923. The highest BCUT2D eigenvalue weighted by Gasteiger charge is 1.99. The highest BCUT2D eigenvalue weighted by molar-refractivity contribution is 5.68. The van der Waals surface area contributed by atoms with Crippen molar-refractivity contribution >= 4 is 5.97 Å². The van der Waals surface area contributed by atoms with Crippen LogP contribution in [0.4, 0.5) is 0 Å². The van der Waals surface area contributed by atoms with Gasteiger partial charge in [0.15, 0.2) is 0 Å². The largest absolute Gasteiger partial charge is 0.469 e. The van der Waals surface area contributed by atoms with Crippen LogP contribution in [0.3, 0.4) is 0 Å². The number of nitrogens with zero attached hydrogens (tertiary/aromatic N) is 1. The zero-order chi connectivity index (χ0) is 13.6. The predicted octanol–water partition coefficient (Wildman–Crippen LogP) is 3.34. The summed E-state index contributed by atoms with van der Waals surface area (Å²) in [5.41, 5.74) is 0. The van der Waals surface area contributed by atoms with E-state index in [1.54, 1.807) is 0 Å². The first-order valence-corrected chi connectivity index (χ1v) is 6.85. The SMILES string of the molecule is COC(=O)CCCCCCCCCCC[N+](=O)[O-]. The van der Waals surface area contributed by atoms with Crippen LogP contribution in [0, 0.1) is 10.1 Å². The van der Waals surface area contributed by atoms with Crippen LogP contribution in [-0.2, 0) is 9.53 Å². The molecule has 0 atom stereocenters. The summed E-state index contributed by atoms with van der Waals surface area (Å²) in [7, 11) is 1.42. The van der Waals surface area contributed by atoms with Crippen molar-refractivity contribution in [3.05, 3.63) is 10.1 Å². The Morgan fingerprint density at radius 3 is 1.83 bits per heavy atom. The van der Waals surface area contributed by atoms with Gasteiger partial charge in [0.05, 0.1) is 7.11 Å². The lowest BCUT2D eigenvalue weighted by molar-refractivity contribution is -0.480. The molecule has 0 aromatic heterocycles. The molecule has 0 N–H and O–H groups in total. The first-order valence-electron chi connectivity index (χ1n) is 6.85. The first kappa shape index (κ1) is 16.9. The van der Waals surface area contributed by atoms with Crippen molar-refractivity contribution in [1.82, 2.24) is 0 Å². The summed E-state index contributed by atoms with van der Waals surface area (Å²) in [4.78, 5) is 20.7. The van der Waals surface area contributed by atoms with Crippen molar-refractivity contribution in [2.24, 2.45) is 0 Å². The minimum atomic E-state index is -0.249. The first-order chi connectivity index (χ1) is 8.66. The van der Waals surface area contributed by atoms with Crippen LogP contribution in [0.2, 0.25) is 0 Å². The summed E-state index contributed by atoms with van der Waals surface area (Å²) in [5, 5.41) is 10.1. The third kappa shape index (κ3) is 12.9. The molecule has 0 radical (unpaired) electrons. The summed E-state index contributed by atoms with van der Waals surface area (Å²) in [6.07, 6.45) is 9.97. The number of ether oxygens (including phenoxy) is 1. The molecule has 0 aromatic carbocycles. The molecule has 5 heteroatoms. The number of esters is 1. The lowest BCUT2D eigenvalue weighted by Crippen LogP contribution is -1.99. The minimum Gasteiger partial charge on any atom is -0.469 e. The van der Waals surface area contributed by atoms with Crippen LogP contribution in [0.25, 0.3) is 0 Å². The standard InChI is InChI=1S/C13H25NO4/c1-18-13(15)11-9-7-5-3-2-4-6-8-10-12-14(16)17/h2-12H2,1H3. The second-order valence-corrected chi connectivity index (χ2v) is 4.56. The van der Waals surface area contributed by atoms with Gasteiger partial charge in [0.2, 0.25) is 6.54 Å². The number of hydrogen-bond acceptors (Lipinski definition) is 4. The van der Waals surface area contributed by atoms with Gasteiger partial charge in [-0.2, -0.15) is 0 Å². The molecule has 0 rings (SSSR count). The Balaban J connectivity index is 3.03. The van der Waals surface area contributed by atoms with Gasteiger partial charge in [-0.1, -0.05) is 38.5 Å². The van der Waals surface area contributed by atoms with Crippen molar-refractivity contribution in [2.75, 3.05) is 13.7 Å². The monoisotopic (exact) mass is 259 g/mol. The summed E-state index contributed by atoms with van der Waals surface area (Å²) >= 11 is 0. The fourth-order valence-corrected chi connectivity index (χ4v) is 1.85. The molecule has 0 aliphatic rings. The minimum absolute atomic E-state index is 0.105. The highest BCUT2D eigenvalue weighted by Crippen LogP contribution is 2.10. The maximum Gasteiger partial charge on any atom is 0.305 e. The number of unbranched alkanes of at least 4 members (excludes halogenated alkanes) is 8. The van der Waals surface area contributed by atoms with Crippen LogP contribution >= 0.6 is 0 Å². The van der Waals surface area contributed by atoms with Gasteiger partial charge < -0.3 is 4.74 Å². The van der Waals surface area contributed by atoms with Crippen LogP contribution in [-0.4, -0.2) is 24.5 Å². The van der Waals surface area contributed by atoms with Crippen LogP contribution in [0.15, 0.2) is 0 Å². The molecule has 0 unspecified atom stereocenters. The van der Waals surface area contributed by atoms with Crippen LogP contribution < -0.4 is 0 Å². The molecule has 0 aliphatic heterocycles. The average Bonchev–Trinajstić information content (AvgIpc) is 2.35. The summed E-state index contributed by atoms with van der Waals surface area (Å²) < 4.78 is 4.56. The number of carbonyl (C=O) groups excluding carboxylic acids is 1. The molecule has 0 bridgehead atoms. The Hall–Kier alpha value is -1.13. The van der Waals surface area contributed by atoms with E-state index in [9.17, 15) is 14.9 Å². The predicted molar refractivity (Wildman–Crippen MR) is 70.0 cm³/mol. The smallest absolute Gasteiger partial charge is 0.305 e. The lowest BCUT2D eigenvalue weighted by atomic mass is 10.1. The molecule has 5 nitrogen and oxygen atoms in total. The third-order valence-electron chi connectivity index (χ3n) is 2.95. The molecule has 0 spiro atoms. The molecule has 18 heavy (non-hydrogen) atoms. The number of hydrogen-bond donors (Lipinski definition) is 0. The van der Waals surface area contributed by atoms with Gasteiger partial charge in [0, 0.05) is 17.8 Å². The molecular weight excluding hydrogens is 234 g/mol. The van der Waals surface area contributed by atoms with Crippen molar-refractivity contribution in [3.8, 4) is 0 Å². The molecule has 0 saturated carbocycles. The van der Waals surface area contributed by atoms with Crippen molar-refractivity contribution in [1.29, 1.82) is 0 Å². The van der Waals surface area contributed by atoms with Gasteiger partial charge >= 0.3 is 5.97 Å². The Bertz CT molecular complexity index is 231. The van der Waals surface area contributed by atoms with Gasteiger partial charge in [-0.15, -0.1) is 0 Å². The van der Waals surface area contributed by atoms with E-state index in [2.05, 4.69) is 4.74 Å². The third-order valence-corrected chi connectivity index (χ3v) is 2.95. The summed E-state index contributed by atoms with van der Waals surface area (Å²) in [5.74, 6) is -0.124. The van der Waals surface area contributed by atoms with Gasteiger partial charge in [0.25, 0.3) is 0 Å². The normalized spacial score (nSPS) is 10.3. The number of rotatable bonds is 12. The Morgan fingerprint density at radius 1 is 0.944 bits per heavy atom. The summed E-state index contributed by atoms with van der Waals surface area (Å²) in [6.45, 7) is 0.105. The number of methoxy groups -OCH3 is 1. The molecule has 0 aromatic rings. The molecule has 0 amide bonds. The van der Waals surface area contributed by atoms with E-state index in [0.717, 1.165) is 38.5 Å². The maximum absolute atomic E-state index is 10.8. The quantitative estimate of drug-likeness (QED) is 0.233. The van der Waals surface area contributed by atoms with E-state index in [-0.39, 0.29) is 17.4 Å². The second-order valence-electron chi connectivity index (χ2n) is 4.56. The fourth-order valence-electron chi connectivity index (χ4n) is 1.85. The van der Waals surface area contributed by atoms with Gasteiger partial charge in [-0.05, 0) is 12.8 Å². The number of nitro groups is 1. The Kier molecular flexibility index (Phi) is 11.6. The van der Waals surface area contributed by atoms with E-state index >= 15 is 0 Å². The van der Waals surface area contributed by atoms with Crippen molar-refractivity contribution in [2.45, 2.75) is 64.2 Å². The Labute approximate surface area is 109 Å². The lowest BCUT2D eigenvalue weighted by Gasteiger charge is -2.01. The van der Waals surface area contributed by atoms with E-state index in [0.29, 0.717) is 12.8 Å². The van der Waals surface area contributed by atoms with Gasteiger partial charge in [-0.25, -0.2) is 0 Å². The topological polar surface area (TPSA) is 69.4 Å². The van der Waals surface area contributed by atoms with Crippen LogP contribution in [0.1, 0.15) is 64.2 Å². The molecule has 0 heterocycles. The van der Waals surface area contributed by atoms with E-state index in [1.807, 2.05) is 0 Å². The zero-order valence-corrected chi connectivity index (χ0v) is 11.4. The molecular formula is C13H25NO4. The zero-order valence-electron chi connectivity index (χ0n) is 11.4. The Morgan fingerprint density at radius 2 is 1.39 bits per heavy atom. The summed E-state index contributed by atoms with van der Waals surface area (Å²) in [6, 6.07) is 0. The van der Waals surface area contributed by atoms with E-state index < -0.39 is 0 Å². The number of carbonyl (C=O) groups is 1. The maximum atomic E-state index is 10.8. The molecule has 0 fully saturated rings. The van der Waals surface area contributed by atoms with E-state index in [4.69, 9.17) is 0 Å². The van der Waals surface area contributed by atoms with Crippen LogP contribution in [0.5, 0.6) is 0 Å². The molecule has 106 valence electrons. The van der Waals surface area contributed by atoms with Gasteiger partial charge in [-0.3, -0.25) is 14.9 Å². The van der Waals surface area contributed by atoms with Crippen molar-refractivity contribution in [3.63, 3.8) is 0 Å². The van der Waals surface area contributed by atoms with E-state index in [1.165, 1.54) is 20.0 Å². The molecule has 0 saturated heterocycles. The van der Waals surface area contributed by atoms with Gasteiger partial charge in [0.1, 0.15) is 0 Å². The second kappa shape index (κ2) is 12.3. The van der Waals surface area contributed by atoms with Crippen molar-refractivity contribution < 1.29 is 14.5 Å².